The van der Waals surface area contributed by atoms with Crippen LogP contribution in [-0.2, 0) is 16.0 Å². The van der Waals surface area contributed by atoms with Gasteiger partial charge in [-0.15, -0.1) is 12.4 Å². The average Bonchev–Trinajstić information content (AvgIpc) is 2.53. The van der Waals surface area contributed by atoms with Crippen LogP contribution >= 0.6 is 12.4 Å². The van der Waals surface area contributed by atoms with E-state index in [0.29, 0.717) is 25.6 Å². The molecular weight excluding hydrogens is 321 g/mol. The van der Waals surface area contributed by atoms with Gasteiger partial charge in [0, 0.05) is 18.9 Å². The standard InChI is InChI=1S/C17H24FNO3.ClH/c1-2-21-17(20)8-6-13-5-7-16(15(18)10-13)22-12-14-4-3-9-19-11-14;/h5,7,10,14,19H,2-4,6,8-9,11-12H2,1H3;1H. The summed E-state index contributed by atoms with van der Waals surface area (Å²) in [5, 5.41) is 3.31. The summed E-state index contributed by atoms with van der Waals surface area (Å²) in [6.07, 6.45) is 3.00. The molecule has 1 saturated heterocycles. The van der Waals surface area contributed by atoms with Gasteiger partial charge in [-0.25, -0.2) is 4.39 Å². The molecule has 0 radical (unpaired) electrons. The van der Waals surface area contributed by atoms with Crippen LogP contribution in [-0.4, -0.2) is 32.3 Å². The van der Waals surface area contributed by atoms with Gasteiger partial charge in [0.2, 0.25) is 0 Å². The lowest BCUT2D eigenvalue weighted by Crippen LogP contribution is -2.33. The number of hydrogen-bond acceptors (Lipinski definition) is 4. The molecule has 0 aromatic heterocycles. The second-order valence-corrected chi connectivity index (χ2v) is 5.59. The quantitative estimate of drug-likeness (QED) is 0.771. The molecule has 1 unspecified atom stereocenters. The molecule has 1 aliphatic heterocycles. The molecule has 1 aromatic carbocycles. The molecule has 4 nitrogen and oxygen atoms in total. The Labute approximate surface area is 143 Å². The summed E-state index contributed by atoms with van der Waals surface area (Å²) in [6.45, 7) is 4.66. The number of halogens is 2. The van der Waals surface area contributed by atoms with E-state index < -0.39 is 0 Å². The third-order valence-electron chi connectivity index (χ3n) is 3.79. The first-order valence-electron chi connectivity index (χ1n) is 7.96. The molecule has 130 valence electrons. The molecule has 0 amide bonds. The van der Waals surface area contributed by atoms with Gasteiger partial charge in [-0.3, -0.25) is 4.79 Å². The van der Waals surface area contributed by atoms with E-state index in [2.05, 4.69) is 5.32 Å². The molecule has 0 aliphatic carbocycles. The average molecular weight is 346 g/mol. The number of hydrogen-bond donors (Lipinski definition) is 1. The highest BCUT2D eigenvalue weighted by atomic mass is 35.5. The van der Waals surface area contributed by atoms with Gasteiger partial charge in [-0.1, -0.05) is 6.07 Å². The van der Waals surface area contributed by atoms with Crippen molar-refractivity contribution < 1.29 is 18.7 Å². The molecule has 1 fully saturated rings. The number of rotatable bonds is 7. The van der Waals surface area contributed by atoms with E-state index in [1.807, 2.05) is 0 Å². The molecule has 0 bridgehead atoms. The third-order valence-corrected chi connectivity index (χ3v) is 3.79. The second-order valence-electron chi connectivity index (χ2n) is 5.59. The zero-order valence-electron chi connectivity index (χ0n) is 13.5. The fourth-order valence-corrected chi connectivity index (χ4v) is 2.57. The Bertz CT molecular complexity index is 493. The fraction of sp³-hybridized carbons (Fsp3) is 0.588. The van der Waals surface area contributed by atoms with Gasteiger partial charge in [-0.2, -0.15) is 0 Å². The van der Waals surface area contributed by atoms with Crippen molar-refractivity contribution >= 4 is 18.4 Å². The highest BCUT2D eigenvalue weighted by Crippen LogP contribution is 2.21. The summed E-state index contributed by atoms with van der Waals surface area (Å²) >= 11 is 0. The van der Waals surface area contributed by atoms with Crippen molar-refractivity contribution in [3.63, 3.8) is 0 Å². The van der Waals surface area contributed by atoms with Crippen LogP contribution in [0.5, 0.6) is 5.75 Å². The van der Waals surface area contributed by atoms with Crippen molar-refractivity contribution in [2.24, 2.45) is 5.92 Å². The van der Waals surface area contributed by atoms with Gasteiger partial charge in [0.1, 0.15) is 0 Å². The molecule has 1 aromatic rings. The van der Waals surface area contributed by atoms with Gasteiger partial charge >= 0.3 is 5.97 Å². The van der Waals surface area contributed by atoms with E-state index in [1.165, 1.54) is 6.07 Å². The van der Waals surface area contributed by atoms with Gasteiger partial charge < -0.3 is 14.8 Å². The topological polar surface area (TPSA) is 47.6 Å². The molecule has 0 spiro atoms. The number of ether oxygens (including phenoxy) is 2. The Morgan fingerprint density at radius 1 is 1.43 bits per heavy atom. The monoisotopic (exact) mass is 345 g/mol. The van der Waals surface area contributed by atoms with Gasteiger partial charge in [0.15, 0.2) is 11.6 Å². The molecule has 1 aliphatic rings. The van der Waals surface area contributed by atoms with E-state index in [4.69, 9.17) is 9.47 Å². The normalized spacial score (nSPS) is 17.2. The van der Waals surface area contributed by atoms with Crippen LogP contribution in [0.3, 0.4) is 0 Å². The van der Waals surface area contributed by atoms with Crippen LogP contribution < -0.4 is 10.1 Å². The van der Waals surface area contributed by atoms with E-state index in [-0.39, 0.29) is 36.4 Å². The van der Waals surface area contributed by atoms with E-state index >= 15 is 0 Å². The van der Waals surface area contributed by atoms with Crippen LogP contribution in [0.1, 0.15) is 31.7 Å². The summed E-state index contributed by atoms with van der Waals surface area (Å²) < 4.78 is 24.5. The highest BCUT2D eigenvalue weighted by Gasteiger charge is 2.15. The number of benzene rings is 1. The molecule has 1 N–H and O–H groups in total. The van der Waals surface area contributed by atoms with Crippen LogP contribution in [0, 0.1) is 11.7 Å². The molecular formula is C17H25ClFNO3. The Kier molecular flexibility index (Phi) is 8.95. The number of carbonyl (C=O) groups excluding carboxylic acids is 1. The summed E-state index contributed by atoms with van der Waals surface area (Å²) in [6, 6.07) is 4.89. The Balaban J connectivity index is 0.00000264. The van der Waals surface area contributed by atoms with Gasteiger partial charge in [0.25, 0.3) is 0 Å². The van der Waals surface area contributed by atoms with Crippen molar-refractivity contribution in [2.75, 3.05) is 26.3 Å². The molecule has 2 rings (SSSR count). The molecule has 1 heterocycles. The van der Waals surface area contributed by atoms with Crippen LogP contribution in [0.15, 0.2) is 18.2 Å². The van der Waals surface area contributed by atoms with E-state index in [9.17, 15) is 9.18 Å². The lowest BCUT2D eigenvalue weighted by molar-refractivity contribution is -0.143. The maximum atomic E-state index is 14.0. The molecule has 23 heavy (non-hydrogen) atoms. The van der Waals surface area contributed by atoms with Crippen LogP contribution in [0.25, 0.3) is 0 Å². The predicted molar refractivity (Wildman–Crippen MR) is 89.7 cm³/mol. The van der Waals surface area contributed by atoms with Crippen molar-refractivity contribution in [1.29, 1.82) is 0 Å². The van der Waals surface area contributed by atoms with Crippen molar-refractivity contribution in [1.82, 2.24) is 5.32 Å². The van der Waals surface area contributed by atoms with E-state index in [1.54, 1.807) is 19.1 Å². The number of aryl methyl sites for hydroxylation is 1. The Morgan fingerprint density at radius 3 is 2.91 bits per heavy atom. The number of nitrogens with one attached hydrogen (secondary N) is 1. The first kappa shape index (κ1) is 19.7. The number of esters is 1. The highest BCUT2D eigenvalue weighted by molar-refractivity contribution is 5.85. The van der Waals surface area contributed by atoms with Crippen molar-refractivity contribution in [2.45, 2.75) is 32.6 Å². The SMILES string of the molecule is CCOC(=O)CCc1ccc(OCC2CCCNC2)c(F)c1.Cl. The molecule has 6 heteroatoms. The third kappa shape index (κ3) is 6.75. The largest absolute Gasteiger partial charge is 0.490 e. The fourth-order valence-electron chi connectivity index (χ4n) is 2.57. The maximum Gasteiger partial charge on any atom is 0.306 e. The lowest BCUT2D eigenvalue weighted by Gasteiger charge is -2.22. The minimum absolute atomic E-state index is 0. The summed E-state index contributed by atoms with van der Waals surface area (Å²) in [5.74, 6) is 0.0975. The van der Waals surface area contributed by atoms with Gasteiger partial charge in [0.05, 0.1) is 13.2 Å². The summed E-state index contributed by atoms with van der Waals surface area (Å²) in [7, 11) is 0. The maximum absolute atomic E-state index is 14.0. The minimum atomic E-state index is -0.370. The van der Waals surface area contributed by atoms with E-state index in [0.717, 1.165) is 31.5 Å². The Morgan fingerprint density at radius 2 is 2.26 bits per heavy atom. The van der Waals surface area contributed by atoms with Crippen molar-refractivity contribution in [3.05, 3.63) is 29.6 Å². The summed E-state index contributed by atoms with van der Waals surface area (Å²) in [5.41, 5.74) is 0.775. The Hall–Kier alpha value is -1.33. The van der Waals surface area contributed by atoms with Crippen LogP contribution in [0.4, 0.5) is 4.39 Å². The second kappa shape index (κ2) is 10.4. The lowest BCUT2D eigenvalue weighted by atomic mass is 10.0. The predicted octanol–water partition coefficient (Wildman–Crippen LogP) is 3.12. The zero-order valence-corrected chi connectivity index (χ0v) is 14.3. The zero-order chi connectivity index (χ0) is 15.8. The van der Waals surface area contributed by atoms with Gasteiger partial charge in [-0.05, 0) is 50.4 Å². The molecule has 0 saturated carbocycles. The first-order valence-corrected chi connectivity index (χ1v) is 7.96. The summed E-state index contributed by atoms with van der Waals surface area (Å²) in [4.78, 5) is 11.3. The number of carbonyl (C=O) groups is 1. The molecule has 1 atom stereocenters. The first-order chi connectivity index (χ1) is 10.7. The smallest absolute Gasteiger partial charge is 0.306 e. The minimum Gasteiger partial charge on any atom is -0.490 e. The number of piperidine rings is 1. The van der Waals surface area contributed by atoms with Crippen molar-refractivity contribution in [3.8, 4) is 5.75 Å². The van der Waals surface area contributed by atoms with Crippen LogP contribution in [0.2, 0.25) is 0 Å².